The van der Waals surface area contributed by atoms with Gasteiger partial charge in [0.25, 0.3) is 0 Å². The Labute approximate surface area is 278 Å². The number of esters is 1. The monoisotopic (exact) mass is 662 g/mol. The van der Waals surface area contributed by atoms with Crippen molar-refractivity contribution in [1.82, 2.24) is 10.2 Å². The second-order valence-corrected chi connectivity index (χ2v) is 14.1. The first-order chi connectivity index (χ1) is 22.6. The highest BCUT2D eigenvalue weighted by atomic mass is 32.2. The third kappa shape index (κ3) is 10.2. The molecule has 3 aromatic rings. The van der Waals surface area contributed by atoms with Gasteiger partial charge in [0.1, 0.15) is 17.9 Å². The van der Waals surface area contributed by atoms with Crippen LogP contribution in [0.15, 0.2) is 71.6 Å². The average Bonchev–Trinajstić information content (AvgIpc) is 3.07. The Morgan fingerprint density at radius 1 is 0.936 bits per heavy atom. The summed E-state index contributed by atoms with van der Waals surface area (Å²) in [6.45, 7) is 3.63. The number of unbranched alkanes of at least 4 members (excludes halogenated alkanes) is 2. The lowest BCUT2D eigenvalue weighted by Gasteiger charge is -2.36. The zero-order valence-electron chi connectivity index (χ0n) is 27.6. The van der Waals surface area contributed by atoms with Gasteiger partial charge in [0.15, 0.2) is 9.84 Å². The number of carbonyl (C=O) groups excluding carboxylic acids is 3. The lowest BCUT2D eigenvalue weighted by molar-refractivity contribution is -0.134. The van der Waals surface area contributed by atoms with Crippen molar-refractivity contribution in [3.63, 3.8) is 0 Å². The summed E-state index contributed by atoms with van der Waals surface area (Å²) in [6, 6.07) is 20.1. The SMILES string of the molecule is CCCN(C(=O)CCCCCNC(=O)Cc1ccc(S(C)(=O)=O)cc1)[C@H]1CCc2c(ccc(OCc3ccccc3)c2C(=O)OC)C1. The maximum atomic E-state index is 13.4. The predicted molar refractivity (Wildman–Crippen MR) is 181 cm³/mol. The van der Waals surface area contributed by atoms with Crippen molar-refractivity contribution < 1.29 is 32.3 Å². The van der Waals surface area contributed by atoms with Crippen LogP contribution >= 0.6 is 0 Å². The lowest BCUT2D eigenvalue weighted by atomic mass is 9.84. The molecule has 0 bridgehead atoms. The van der Waals surface area contributed by atoms with Gasteiger partial charge in [-0.1, -0.05) is 61.9 Å². The summed E-state index contributed by atoms with van der Waals surface area (Å²) in [5, 5.41) is 2.91. The Morgan fingerprint density at radius 3 is 2.36 bits per heavy atom. The fraction of sp³-hybridized carbons (Fsp3) is 0.432. The van der Waals surface area contributed by atoms with Crippen molar-refractivity contribution in [3.8, 4) is 5.75 Å². The van der Waals surface area contributed by atoms with Gasteiger partial charge >= 0.3 is 5.97 Å². The van der Waals surface area contributed by atoms with Crippen LogP contribution < -0.4 is 10.1 Å². The van der Waals surface area contributed by atoms with E-state index in [0.717, 1.165) is 60.6 Å². The van der Waals surface area contributed by atoms with Crippen molar-refractivity contribution in [2.75, 3.05) is 26.5 Å². The number of hydrogen-bond donors (Lipinski definition) is 1. The number of nitrogens with one attached hydrogen (secondary N) is 1. The molecular formula is C37H46N2O7S. The molecule has 0 aliphatic heterocycles. The highest BCUT2D eigenvalue weighted by Gasteiger charge is 2.31. The fourth-order valence-electron chi connectivity index (χ4n) is 6.06. The van der Waals surface area contributed by atoms with E-state index in [2.05, 4.69) is 12.2 Å². The Kier molecular flexibility index (Phi) is 13.0. The molecule has 0 spiro atoms. The van der Waals surface area contributed by atoms with Crippen molar-refractivity contribution in [1.29, 1.82) is 0 Å². The van der Waals surface area contributed by atoms with E-state index in [4.69, 9.17) is 9.47 Å². The van der Waals surface area contributed by atoms with Gasteiger partial charge in [-0.15, -0.1) is 0 Å². The molecule has 2 amide bonds. The zero-order valence-corrected chi connectivity index (χ0v) is 28.4. The number of benzene rings is 3. The maximum absolute atomic E-state index is 13.4. The molecule has 0 heterocycles. The summed E-state index contributed by atoms with van der Waals surface area (Å²) in [5.41, 5.74) is 4.22. The molecule has 1 aliphatic rings. The van der Waals surface area contributed by atoms with Crippen LogP contribution in [0.1, 0.15) is 78.1 Å². The first kappa shape index (κ1) is 35.7. The normalized spacial score (nSPS) is 14.1. The van der Waals surface area contributed by atoms with E-state index in [1.54, 1.807) is 12.1 Å². The summed E-state index contributed by atoms with van der Waals surface area (Å²) in [4.78, 5) is 40.8. The largest absolute Gasteiger partial charge is 0.488 e. The lowest BCUT2D eigenvalue weighted by Crippen LogP contribution is -2.44. The molecule has 0 saturated carbocycles. The van der Waals surface area contributed by atoms with Crippen molar-refractivity contribution in [2.24, 2.45) is 0 Å². The number of rotatable bonds is 16. The average molecular weight is 663 g/mol. The van der Waals surface area contributed by atoms with Gasteiger partial charge in [-0.2, -0.15) is 0 Å². The van der Waals surface area contributed by atoms with Gasteiger partial charge in [0, 0.05) is 31.8 Å². The molecule has 0 aromatic heterocycles. The summed E-state index contributed by atoms with van der Waals surface area (Å²) in [5.74, 6) is 0.117. The minimum Gasteiger partial charge on any atom is -0.488 e. The number of amides is 2. The van der Waals surface area contributed by atoms with Crippen LogP contribution in [0.5, 0.6) is 5.75 Å². The smallest absolute Gasteiger partial charge is 0.341 e. The standard InChI is InChI=1S/C37H46N2O7S/c1-4-23-39(35(41)13-9-6-10-22-38-34(40)24-27-14-18-31(19-15-27)47(3,43)44)30-17-20-32-29(25-30)16-21-33(36(32)37(42)45-2)46-26-28-11-7-5-8-12-28/h5,7-8,11-12,14-16,18-19,21,30H,4,6,9-10,13,17,20,22-26H2,1-3H3,(H,38,40)/t30-/m0/s1. The minimum atomic E-state index is -3.27. The van der Waals surface area contributed by atoms with E-state index < -0.39 is 15.8 Å². The molecule has 0 fully saturated rings. The van der Waals surface area contributed by atoms with Gasteiger partial charge in [-0.05, 0) is 79.0 Å². The number of hydrogen-bond acceptors (Lipinski definition) is 7. The molecule has 47 heavy (non-hydrogen) atoms. The minimum absolute atomic E-state index is 0.0577. The van der Waals surface area contributed by atoms with Crippen LogP contribution in [0, 0.1) is 0 Å². The molecule has 4 rings (SSSR count). The molecule has 1 aliphatic carbocycles. The van der Waals surface area contributed by atoms with E-state index in [9.17, 15) is 22.8 Å². The summed E-state index contributed by atoms with van der Waals surface area (Å²) >= 11 is 0. The molecule has 10 heteroatoms. The first-order valence-corrected chi connectivity index (χ1v) is 18.2. The van der Waals surface area contributed by atoms with Gasteiger partial charge in [-0.3, -0.25) is 9.59 Å². The van der Waals surface area contributed by atoms with Gasteiger partial charge in [0.05, 0.1) is 18.4 Å². The summed E-state index contributed by atoms with van der Waals surface area (Å²) in [7, 11) is -1.89. The van der Waals surface area contributed by atoms with Gasteiger partial charge in [-0.25, -0.2) is 13.2 Å². The number of nitrogens with zero attached hydrogens (tertiary/aromatic N) is 1. The Hall–Kier alpha value is -4.18. The van der Waals surface area contributed by atoms with Crippen LogP contribution in [0.3, 0.4) is 0 Å². The maximum Gasteiger partial charge on any atom is 0.341 e. The number of carbonyl (C=O) groups is 3. The molecule has 9 nitrogen and oxygen atoms in total. The van der Waals surface area contributed by atoms with E-state index in [0.29, 0.717) is 50.3 Å². The predicted octanol–water partition coefficient (Wildman–Crippen LogP) is 5.47. The summed E-state index contributed by atoms with van der Waals surface area (Å²) < 4.78 is 34.5. The Morgan fingerprint density at radius 2 is 1.68 bits per heavy atom. The quantitative estimate of drug-likeness (QED) is 0.160. The molecule has 0 saturated heterocycles. The van der Waals surface area contributed by atoms with Crippen molar-refractivity contribution in [2.45, 2.75) is 82.3 Å². The first-order valence-electron chi connectivity index (χ1n) is 16.4. The van der Waals surface area contributed by atoms with Crippen LogP contribution in [-0.4, -0.2) is 63.6 Å². The molecule has 252 valence electrons. The number of fused-ring (bicyclic) bond motifs is 1. The molecule has 1 N–H and O–H groups in total. The van der Waals surface area contributed by atoms with Crippen LogP contribution in [0.25, 0.3) is 0 Å². The molecular weight excluding hydrogens is 616 g/mol. The second kappa shape index (κ2) is 17.1. The van der Waals surface area contributed by atoms with E-state index in [1.807, 2.05) is 47.4 Å². The Bertz CT molecular complexity index is 1620. The molecule has 1 atom stereocenters. The Balaban J connectivity index is 1.26. The number of ether oxygens (including phenoxy) is 2. The van der Waals surface area contributed by atoms with Crippen LogP contribution in [-0.2, 0) is 50.0 Å². The van der Waals surface area contributed by atoms with Gasteiger partial charge < -0.3 is 19.7 Å². The zero-order chi connectivity index (χ0) is 33.8. The highest BCUT2D eigenvalue weighted by Crippen LogP contribution is 2.34. The van der Waals surface area contributed by atoms with E-state index in [1.165, 1.54) is 19.2 Å². The third-order valence-electron chi connectivity index (χ3n) is 8.51. The highest BCUT2D eigenvalue weighted by molar-refractivity contribution is 7.90. The van der Waals surface area contributed by atoms with E-state index >= 15 is 0 Å². The third-order valence-corrected chi connectivity index (χ3v) is 9.64. The molecule has 3 aromatic carbocycles. The number of methoxy groups -OCH3 is 1. The molecule has 0 unspecified atom stereocenters. The van der Waals surface area contributed by atoms with Crippen molar-refractivity contribution >= 4 is 27.6 Å². The van der Waals surface area contributed by atoms with Crippen LogP contribution in [0.4, 0.5) is 0 Å². The van der Waals surface area contributed by atoms with Crippen LogP contribution in [0.2, 0.25) is 0 Å². The second-order valence-electron chi connectivity index (χ2n) is 12.1. The molecule has 0 radical (unpaired) electrons. The van der Waals surface area contributed by atoms with Gasteiger partial charge in [0.2, 0.25) is 11.8 Å². The fourth-order valence-corrected chi connectivity index (χ4v) is 6.69. The number of sulfone groups is 1. The summed E-state index contributed by atoms with van der Waals surface area (Å²) in [6.07, 6.45) is 7.05. The van der Waals surface area contributed by atoms with Crippen molar-refractivity contribution in [3.05, 3.63) is 94.5 Å². The topological polar surface area (TPSA) is 119 Å². The van der Waals surface area contributed by atoms with E-state index in [-0.39, 0.29) is 29.2 Å².